The van der Waals surface area contributed by atoms with Crippen molar-refractivity contribution in [1.29, 1.82) is 0 Å². The first kappa shape index (κ1) is 17.3. The third-order valence-electron chi connectivity index (χ3n) is 2.33. The molecule has 0 fully saturated rings. The third-order valence-corrected chi connectivity index (χ3v) is 3.58. The van der Waals surface area contributed by atoms with E-state index in [1.54, 1.807) is 25.1 Å². The predicted molar refractivity (Wildman–Crippen MR) is 77.9 cm³/mol. The van der Waals surface area contributed by atoms with Gasteiger partial charge in [-0.25, -0.2) is 13.2 Å². The maximum absolute atomic E-state index is 11.7. The molecule has 1 aromatic rings. The summed E-state index contributed by atoms with van der Waals surface area (Å²) >= 11 is 0. The molecule has 0 aliphatic rings. The summed E-state index contributed by atoms with van der Waals surface area (Å²) in [6.45, 7) is 1.86. The average Bonchev–Trinajstić information content (AvgIpc) is 2.43. The van der Waals surface area contributed by atoms with E-state index >= 15 is 0 Å². The van der Waals surface area contributed by atoms with Crippen molar-refractivity contribution in [3.8, 4) is 5.75 Å². The normalized spacial score (nSPS) is 11.0. The van der Waals surface area contributed by atoms with Crippen molar-refractivity contribution in [3.63, 3.8) is 0 Å². The lowest BCUT2D eigenvalue weighted by Crippen LogP contribution is -2.19. The lowest BCUT2D eigenvalue weighted by molar-refractivity contribution is -0.145. The second-order valence-corrected chi connectivity index (χ2v) is 5.88. The molecule has 0 heterocycles. The summed E-state index contributed by atoms with van der Waals surface area (Å²) in [6, 6.07) is 6.31. The van der Waals surface area contributed by atoms with E-state index in [4.69, 9.17) is 14.2 Å². The van der Waals surface area contributed by atoms with Crippen LogP contribution in [0, 0.1) is 0 Å². The number of ether oxygens (including phenoxy) is 3. The Kier molecular flexibility index (Phi) is 6.97. The molecule has 0 saturated carbocycles. The molecule has 21 heavy (non-hydrogen) atoms. The molecular formula is C13H19NO6S. The molecule has 0 spiro atoms. The zero-order chi connectivity index (χ0) is 15.7. The molecule has 118 valence electrons. The van der Waals surface area contributed by atoms with E-state index in [0.29, 0.717) is 11.4 Å². The Labute approximate surface area is 124 Å². The van der Waals surface area contributed by atoms with Gasteiger partial charge in [0.25, 0.3) is 0 Å². The van der Waals surface area contributed by atoms with Crippen molar-refractivity contribution in [1.82, 2.24) is 0 Å². The summed E-state index contributed by atoms with van der Waals surface area (Å²) < 4.78 is 40.5. The molecule has 7 nitrogen and oxygen atoms in total. The molecule has 0 saturated heterocycles. The Balaban J connectivity index is 2.62. The highest BCUT2D eigenvalue weighted by Crippen LogP contribution is 2.18. The molecular weight excluding hydrogens is 298 g/mol. The van der Waals surface area contributed by atoms with Crippen LogP contribution in [0.25, 0.3) is 0 Å². The van der Waals surface area contributed by atoms with Crippen LogP contribution in [0.15, 0.2) is 24.3 Å². The second kappa shape index (κ2) is 8.48. The van der Waals surface area contributed by atoms with E-state index in [-0.39, 0.29) is 25.6 Å². The van der Waals surface area contributed by atoms with Gasteiger partial charge in [-0.2, -0.15) is 0 Å². The van der Waals surface area contributed by atoms with Crippen molar-refractivity contribution >= 4 is 21.7 Å². The number of anilines is 1. The average molecular weight is 317 g/mol. The first-order valence-corrected chi connectivity index (χ1v) is 8.00. The molecule has 0 atom stereocenters. The number of sulfonamides is 1. The molecule has 0 aliphatic heterocycles. The summed E-state index contributed by atoms with van der Waals surface area (Å²) in [5.41, 5.74) is 0.354. The number of methoxy groups -OCH3 is 1. The third kappa shape index (κ3) is 6.96. The van der Waals surface area contributed by atoms with Gasteiger partial charge >= 0.3 is 5.97 Å². The molecule has 1 aromatic carbocycles. The van der Waals surface area contributed by atoms with Gasteiger partial charge in [0.15, 0.2) is 6.61 Å². The minimum absolute atomic E-state index is 0.106. The van der Waals surface area contributed by atoms with Crippen LogP contribution < -0.4 is 9.46 Å². The molecule has 0 bridgehead atoms. The van der Waals surface area contributed by atoms with Gasteiger partial charge in [-0.1, -0.05) is 6.07 Å². The summed E-state index contributed by atoms with van der Waals surface area (Å²) in [7, 11) is -2.05. The number of hydrogen-bond donors (Lipinski definition) is 1. The van der Waals surface area contributed by atoms with E-state index < -0.39 is 16.0 Å². The number of carbonyl (C=O) groups is 1. The van der Waals surface area contributed by atoms with Crippen LogP contribution in [0.4, 0.5) is 5.69 Å². The van der Waals surface area contributed by atoms with Crippen molar-refractivity contribution in [2.24, 2.45) is 0 Å². The molecule has 1 rings (SSSR count). The largest absolute Gasteiger partial charge is 0.482 e. The Morgan fingerprint density at radius 2 is 2.10 bits per heavy atom. The maximum atomic E-state index is 11.7. The van der Waals surface area contributed by atoms with Crippen LogP contribution in [0.2, 0.25) is 0 Å². The Hall–Kier alpha value is -1.80. The van der Waals surface area contributed by atoms with E-state index in [1.807, 2.05) is 0 Å². The first-order valence-electron chi connectivity index (χ1n) is 6.34. The molecule has 0 amide bonds. The van der Waals surface area contributed by atoms with Crippen molar-refractivity contribution in [2.75, 3.05) is 37.4 Å². The van der Waals surface area contributed by atoms with Crippen molar-refractivity contribution < 1.29 is 27.4 Å². The van der Waals surface area contributed by atoms with Gasteiger partial charge in [-0.3, -0.25) is 4.72 Å². The Morgan fingerprint density at radius 1 is 1.33 bits per heavy atom. The van der Waals surface area contributed by atoms with Crippen LogP contribution in [0.5, 0.6) is 5.75 Å². The monoisotopic (exact) mass is 317 g/mol. The molecule has 0 radical (unpaired) electrons. The van der Waals surface area contributed by atoms with E-state index in [0.717, 1.165) is 0 Å². The zero-order valence-corrected chi connectivity index (χ0v) is 12.8. The summed E-state index contributed by atoms with van der Waals surface area (Å²) in [6.07, 6.45) is 0. The van der Waals surface area contributed by atoms with Crippen LogP contribution in [0.1, 0.15) is 6.92 Å². The van der Waals surface area contributed by atoms with Crippen LogP contribution in [0.3, 0.4) is 0 Å². The van der Waals surface area contributed by atoms with Gasteiger partial charge < -0.3 is 14.2 Å². The molecule has 0 aromatic heterocycles. The number of carbonyl (C=O) groups excluding carboxylic acids is 1. The number of hydrogen-bond acceptors (Lipinski definition) is 6. The number of esters is 1. The fourth-order valence-electron chi connectivity index (χ4n) is 1.42. The minimum atomic E-state index is -3.48. The maximum Gasteiger partial charge on any atom is 0.344 e. The highest BCUT2D eigenvalue weighted by atomic mass is 32.2. The van der Waals surface area contributed by atoms with E-state index in [2.05, 4.69) is 4.72 Å². The predicted octanol–water partition coefficient (Wildman–Crippen LogP) is 1.02. The zero-order valence-electron chi connectivity index (χ0n) is 12.0. The van der Waals surface area contributed by atoms with Crippen LogP contribution in [-0.2, 0) is 24.3 Å². The highest BCUT2D eigenvalue weighted by Gasteiger charge is 2.10. The van der Waals surface area contributed by atoms with Gasteiger partial charge in [0.05, 0.1) is 24.7 Å². The number of rotatable bonds is 9. The van der Waals surface area contributed by atoms with Gasteiger partial charge in [0.1, 0.15) is 5.75 Å². The quantitative estimate of drug-likeness (QED) is 0.684. The van der Waals surface area contributed by atoms with Gasteiger partial charge in [-0.05, 0) is 19.1 Å². The molecule has 8 heteroatoms. The molecule has 1 N–H and O–H groups in total. The lowest BCUT2D eigenvalue weighted by atomic mass is 10.3. The Bertz CT molecular complexity index is 558. The smallest absolute Gasteiger partial charge is 0.344 e. The van der Waals surface area contributed by atoms with E-state index in [1.165, 1.54) is 13.2 Å². The molecule has 0 unspecified atom stereocenters. The summed E-state index contributed by atoms with van der Waals surface area (Å²) in [4.78, 5) is 11.2. The van der Waals surface area contributed by atoms with Crippen LogP contribution >= 0.6 is 0 Å². The SMILES string of the molecule is CCOC(=O)COc1cccc(NS(=O)(=O)CCOC)c1. The topological polar surface area (TPSA) is 90.9 Å². The number of benzene rings is 1. The fourth-order valence-corrected chi connectivity index (χ4v) is 2.39. The fraction of sp³-hybridized carbons (Fsp3) is 0.462. The van der Waals surface area contributed by atoms with Gasteiger partial charge in [0.2, 0.25) is 10.0 Å². The second-order valence-electron chi connectivity index (χ2n) is 4.04. The number of nitrogens with one attached hydrogen (secondary N) is 1. The van der Waals surface area contributed by atoms with Gasteiger partial charge in [0, 0.05) is 13.2 Å². The summed E-state index contributed by atoms with van der Waals surface area (Å²) in [5, 5.41) is 0. The van der Waals surface area contributed by atoms with Crippen molar-refractivity contribution in [3.05, 3.63) is 24.3 Å². The Morgan fingerprint density at radius 3 is 2.76 bits per heavy atom. The van der Waals surface area contributed by atoms with Gasteiger partial charge in [-0.15, -0.1) is 0 Å². The lowest BCUT2D eigenvalue weighted by Gasteiger charge is -2.10. The standard InChI is InChI=1S/C13H19NO6S/c1-3-19-13(15)10-20-12-6-4-5-11(9-12)14-21(16,17)8-7-18-2/h4-6,9,14H,3,7-8,10H2,1-2H3. The van der Waals surface area contributed by atoms with Crippen LogP contribution in [-0.4, -0.2) is 47.1 Å². The summed E-state index contributed by atoms with van der Waals surface area (Å²) in [5.74, 6) is -0.254. The van der Waals surface area contributed by atoms with Crippen molar-refractivity contribution in [2.45, 2.75) is 6.92 Å². The molecule has 0 aliphatic carbocycles. The first-order chi connectivity index (χ1) is 9.96. The van der Waals surface area contributed by atoms with E-state index in [9.17, 15) is 13.2 Å². The minimum Gasteiger partial charge on any atom is -0.482 e. The highest BCUT2D eigenvalue weighted by molar-refractivity contribution is 7.92.